The summed E-state index contributed by atoms with van der Waals surface area (Å²) in [6.07, 6.45) is 5.44. The van der Waals surface area contributed by atoms with Crippen molar-refractivity contribution in [3.05, 3.63) is 65.7 Å². The fourth-order valence-corrected chi connectivity index (χ4v) is 5.80. The van der Waals surface area contributed by atoms with Crippen LogP contribution in [0.2, 0.25) is 0 Å². The first-order valence-electron chi connectivity index (χ1n) is 14.6. The van der Waals surface area contributed by atoms with Gasteiger partial charge in [0.25, 0.3) is 0 Å². The van der Waals surface area contributed by atoms with E-state index in [1.54, 1.807) is 18.2 Å². The van der Waals surface area contributed by atoms with Crippen molar-refractivity contribution in [2.24, 2.45) is 5.92 Å². The first-order valence-corrected chi connectivity index (χ1v) is 14.6. The molecule has 2 fully saturated rings. The number of likely N-dealkylation sites (tertiary alicyclic amines) is 1. The van der Waals surface area contributed by atoms with E-state index in [-0.39, 0.29) is 42.6 Å². The number of carbonyl (C=O) groups excluding carboxylic acids is 3. The second-order valence-corrected chi connectivity index (χ2v) is 10.9. The topological polar surface area (TPSA) is 114 Å². The maximum absolute atomic E-state index is 14.0. The molecule has 2 amide bonds. The SMILES string of the molecule is COC(=O)[C@@H]1C[C@@H](OCCOCc2ccccc2)CN1C(=O)[C@@H](NC(=O)CCc1cccc(O)c1)C1CCCCC1. The quantitative estimate of drug-likeness (QED) is 0.280. The monoisotopic (exact) mass is 566 g/mol. The van der Waals surface area contributed by atoms with E-state index in [1.807, 2.05) is 36.4 Å². The third kappa shape index (κ3) is 9.03. The molecule has 0 radical (unpaired) electrons. The van der Waals surface area contributed by atoms with Crippen LogP contribution in [0.3, 0.4) is 0 Å². The molecule has 1 aliphatic carbocycles. The van der Waals surface area contributed by atoms with Crippen molar-refractivity contribution < 1.29 is 33.7 Å². The number of rotatable bonds is 13. The van der Waals surface area contributed by atoms with Gasteiger partial charge in [-0.25, -0.2) is 4.79 Å². The molecule has 0 spiro atoms. The van der Waals surface area contributed by atoms with Gasteiger partial charge in [0.1, 0.15) is 17.8 Å². The molecule has 2 aromatic rings. The summed E-state index contributed by atoms with van der Waals surface area (Å²) in [4.78, 5) is 41.3. The predicted molar refractivity (Wildman–Crippen MR) is 153 cm³/mol. The Bertz CT molecular complexity index is 1140. The Labute approximate surface area is 242 Å². The van der Waals surface area contributed by atoms with Gasteiger partial charge in [-0.2, -0.15) is 0 Å². The summed E-state index contributed by atoms with van der Waals surface area (Å²) in [5, 5.41) is 12.7. The van der Waals surface area contributed by atoms with Crippen LogP contribution in [-0.4, -0.2) is 72.8 Å². The zero-order valence-electron chi connectivity index (χ0n) is 23.8. The van der Waals surface area contributed by atoms with Crippen molar-refractivity contribution in [1.82, 2.24) is 10.2 Å². The Morgan fingerprint density at radius 3 is 2.49 bits per heavy atom. The summed E-state index contributed by atoms with van der Waals surface area (Å²) in [6, 6.07) is 15.2. The minimum atomic E-state index is -0.766. The van der Waals surface area contributed by atoms with Crippen molar-refractivity contribution in [2.45, 2.75) is 76.2 Å². The molecule has 9 heteroatoms. The Hall–Kier alpha value is -3.43. The van der Waals surface area contributed by atoms with Crippen molar-refractivity contribution in [3.63, 3.8) is 0 Å². The minimum Gasteiger partial charge on any atom is -0.508 e. The number of phenols is 1. The summed E-state index contributed by atoms with van der Waals surface area (Å²) in [5.41, 5.74) is 1.92. The van der Waals surface area contributed by atoms with Crippen LogP contribution in [-0.2, 0) is 41.6 Å². The van der Waals surface area contributed by atoms with Crippen molar-refractivity contribution in [1.29, 1.82) is 0 Å². The van der Waals surface area contributed by atoms with Crippen molar-refractivity contribution in [2.75, 3.05) is 26.9 Å². The molecule has 0 bridgehead atoms. The van der Waals surface area contributed by atoms with Crippen LogP contribution in [0.5, 0.6) is 5.75 Å². The molecule has 222 valence electrons. The maximum atomic E-state index is 14.0. The molecule has 2 aliphatic rings. The number of carbonyl (C=O) groups is 3. The normalized spacial score (nSPS) is 20.0. The highest BCUT2D eigenvalue weighted by atomic mass is 16.5. The van der Waals surface area contributed by atoms with Gasteiger partial charge in [0.05, 0.1) is 33.0 Å². The summed E-state index contributed by atoms with van der Waals surface area (Å²) in [5.74, 6) is -0.813. The van der Waals surface area contributed by atoms with Crippen molar-refractivity contribution >= 4 is 17.8 Å². The number of aryl methyl sites for hydroxylation is 1. The van der Waals surface area contributed by atoms with Crippen LogP contribution < -0.4 is 5.32 Å². The number of esters is 1. The highest BCUT2D eigenvalue weighted by Crippen LogP contribution is 2.30. The molecule has 41 heavy (non-hydrogen) atoms. The number of phenolic OH excluding ortho intramolecular Hbond substituents is 1. The highest BCUT2D eigenvalue weighted by molar-refractivity contribution is 5.91. The lowest BCUT2D eigenvalue weighted by Gasteiger charge is -2.34. The number of benzene rings is 2. The molecule has 1 aliphatic heterocycles. The number of nitrogens with zero attached hydrogens (tertiary/aromatic N) is 1. The third-order valence-corrected chi connectivity index (χ3v) is 7.97. The third-order valence-electron chi connectivity index (χ3n) is 7.97. The maximum Gasteiger partial charge on any atom is 0.328 e. The largest absolute Gasteiger partial charge is 0.508 e. The molecule has 4 rings (SSSR count). The van der Waals surface area contributed by atoms with Gasteiger partial charge in [-0.15, -0.1) is 0 Å². The van der Waals surface area contributed by atoms with E-state index < -0.39 is 18.1 Å². The number of aromatic hydroxyl groups is 1. The summed E-state index contributed by atoms with van der Waals surface area (Å²) in [7, 11) is 1.32. The van der Waals surface area contributed by atoms with E-state index in [9.17, 15) is 19.5 Å². The second-order valence-electron chi connectivity index (χ2n) is 10.9. The Kier molecular flexibility index (Phi) is 11.6. The molecule has 1 saturated heterocycles. The van der Waals surface area contributed by atoms with E-state index in [0.29, 0.717) is 32.7 Å². The second kappa shape index (κ2) is 15.5. The molecule has 2 aromatic carbocycles. The zero-order valence-corrected chi connectivity index (χ0v) is 23.8. The van der Waals surface area contributed by atoms with E-state index >= 15 is 0 Å². The number of nitrogens with one attached hydrogen (secondary N) is 1. The first-order chi connectivity index (χ1) is 19.9. The van der Waals surface area contributed by atoms with E-state index in [4.69, 9.17) is 14.2 Å². The lowest BCUT2D eigenvalue weighted by atomic mass is 9.83. The number of amides is 2. The standard InChI is InChI=1S/C32H42N2O7/c1-39-32(38)28-20-27(41-18-17-40-22-24-9-4-2-5-10-24)21-34(28)31(37)30(25-12-6-3-7-13-25)33-29(36)16-15-23-11-8-14-26(35)19-23/h2,4-5,8-11,14,19,25,27-28,30,35H,3,6-7,12-13,15-18,20-22H2,1H3,(H,33,36)/t27-,28+,30+/m1/s1. The van der Waals surface area contributed by atoms with E-state index in [2.05, 4.69) is 5.32 Å². The van der Waals surface area contributed by atoms with E-state index in [0.717, 1.165) is 43.2 Å². The smallest absolute Gasteiger partial charge is 0.328 e. The lowest BCUT2D eigenvalue weighted by Crippen LogP contribution is -2.55. The molecule has 0 unspecified atom stereocenters. The van der Waals surface area contributed by atoms with Gasteiger partial charge in [-0.3, -0.25) is 9.59 Å². The van der Waals surface area contributed by atoms with Crippen molar-refractivity contribution in [3.8, 4) is 5.75 Å². The number of methoxy groups -OCH3 is 1. The van der Waals surface area contributed by atoms with Gasteiger partial charge in [0.15, 0.2) is 0 Å². The predicted octanol–water partition coefficient (Wildman–Crippen LogP) is 3.77. The molecule has 3 atom stereocenters. The Balaban J connectivity index is 1.36. The first kappa shape index (κ1) is 30.5. The van der Waals surface area contributed by atoms with Gasteiger partial charge in [0, 0.05) is 19.4 Å². The Morgan fingerprint density at radius 2 is 1.76 bits per heavy atom. The molecule has 1 heterocycles. The van der Waals surface area contributed by atoms with Crippen LogP contribution in [0.15, 0.2) is 54.6 Å². The van der Waals surface area contributed by atoms with Crippen LogP contribution in [0.4, 0.5) is 0 Å². The number of hydrogen-bond donors (Lipinski definition) is 2. The van der Waals surface area contributed by atoms with Crippen LogP contribution in [0.1, 0.15) is 56.1 Å². The van der Waals surface area contributed by atoms with E-state index in [1.165, 1.54) is 12.0 Å². The molecule has 0 aromatic heterocycles. The highest BCUT2D eigenvalue weighted by Gasteiger charge is 2.44. The molecular weight excluding hydrogens is 524 g/mol. The average Bonchev–Trinajstić information content (AvgIpc) is 3.43. The summed E-state index contributed by atoms with van der Waals surface area (Å²) >= 11 is 0. The fraction of sp³-hybridized carbons (Fsp3) is 0.531. The lowest BCUT2D eigenvalue weighted by molar-refractivity contribution is -0.152. The fourth-order valence-electron chi connectivity index (χ4n) is 5.80. The van der Waals surface area contributed by atoms with Gasteiger partial charge in [0.2, 0.25) is 11.8 Å². The zero-order chi connectivity index (χ0) is 29.0. The number of ether oxygens (including phenoxy) is 3. The number of hydrogen-bond acceptors (Lipinski definition) is 7. The van der Waals surface area contributed by atoms with Gasteiger partial charge >= 0.3 is 5.97 Å². The van der Waals surface area contributed by atoms with Crippen LogP contribution in [0.25, 0.3) is 0 Å². The van der Waals surface area contributed by atoms with Gasteiger partial charge < -0.3 is 29.5 Å². The molecule has 2 N–H and O–H groups in total. The molecule has 9 nitrogen and oxygen atoms in total. The minimum absolute atomic E-state index is 0.00521. The summed E-state index contributed by atoms with van der Waals surface area (Å²) in [6.45, 7) is 1.46. The summed E-state index contributed by atoms with van der Waals surface area (Å²) < 4.78 is 16.8. The Morgan fingerprint density at radius 1 is 1.00 bits per heavy atom. The van der Waals surface area contributed by atoms with Crippen LogP contribution in [0, 0.1) is 5.92 Å². The molecular formula is C32H42N2O7. The van der Waals surface area contributed by atoms with Crippen LogP contribution >= 0.6 is 0 Å². The van der Waals surface area contributed by atoms with Gasteiger partial charge in [-0.05, 0) is 48.4 Å². The van der Waals surface area contributed by atoms with Gasteiger partial charge in [-0.1, -0.05) is 61.7 Å². The molecule has 1 saturated carbocycles. The average molecular weight is 567 g/mol.